The van der Waals surface area contributed by atoms with Crippen LogP contribution in [0.25, 0.3) is 11.3 Å². The molecule has 1 heterocycles. The molecular formula is C26H28ClF2N3O2. The maximum absolute atomic E-state index is 14.5. The van der Waals surface area contributed by atoms with Crippen molar-refractivity contribution in [3.05, 3.63) is 76.0 Å². The molecule has 1 saturated carbocycles. The summed E-state index contributed by atoms with van der Waals surface area (Å²) in [5.74, 6) is -0.861. The van der Waals surface area contributed by atoms with E-state index in [4.69, 9.17) is 16.1 Å². The highest BCUT2D eigenvalue weighted by atomic mass is 35.5. The van der Waals surface area contributed by atoms with E-state index in [1.807, 2.05) is 20.2 Å². The molecule has 1 aliphatic carbocycles. The van der Waals surface area contributed by atoms with Crippen LogP contribution in [-0.2, 0) is 6.42 Å². The van der Waals surface area contributed by atoms with E-state index in [1.165, 1.54) is 18.2 Å². The molecule has 0 unspecified atom stereocenters. The van der Waals surface area contributed by atoms with Crippen molar-refractivity contribution in [1.82, 2.24) is 15.4 Å². The van der Waals surface area contributed by atoms with Gasteiger partial charge in [0, 0.05) is 11.6 Å². The van der Waals surface area contributed by atoms with E-state index in [-0.39, 0.29) is 45.1 Å². The third-order valence-electron chi connectivity index (χ3n) is 6.91. The first kappa shape index (κ1) is 24.4. The van der Waals surface area contributed by atoms with E-state index in [2.05, 4.69) is 15.4 Å². The number of likely N-dealkylation sites (N-methyl/N-ethyl adjacent to an activating group) is 1. The van der Waals surface area contributed by atoms with E-state index in [0.29, 0.717) is 5.76 Å². The van der Waals surface area contributed by atoms with Gasteiger partial charge >= 0.3 is 0 Å². The number of hydrogen-bond acceptors (Lipinski definition) is 4. The average molecular weight is 488 g/mol. The molecule has 2 aromatic carbocycles. The summed E-state index contributed by atoms with van der Waals surface area (Å²) in [4.78, 5) is 15.4. The Labute approximate surface area is 203 Å². The molecule has 0 bridgehead atoms. The average Bonchev–Trinajstić information content (AvgIpc) is 3.16. The summed E-state index contributed by atoms with van der Waals surface area (Å²) in [7, 11) is 4.09. The number of benzene rings is 2. The van der Waals surface area contributed by atoms with Crippen molar-refractivity contribution in [2.45, 2.75) is 50.6 Å². The van der Waals surface area contributed by atoms with Gasteiger partial charge in [-0.05, 0) is 83.0 Å². The zero-order valence-electron chi connectivity index (χ0n) is 19.5. The molecule has 0 saturated heterocycles. The van der Waals surface area contributed by atoms with Gasteiger partial charge in [0.15, 0.2) is 0 Å². The van der Waals surface area contributed by atoms with Crippen molar-refractivity contribution < 1.29 is 18.1 Å². The van der Waals surface area contributed by atoms with E-state index < -0.39 is 5.82 Å². The van der Waals surface area contributed by atoms with Gasteiger partial charge in [-0.2, -0.15) is 0 Å². The topological polar surface area (TPSA) is 58.4 Å². The van der Waals surface area contributed by atoms with Gasteiger partial charge in [-0.25, -0.2) is 8.78 Å². The molecule has 0 atom stereocenters. The summed E-state index contributed by atoms with van der Waals surface area (Å²) in [5, 5.41) is 7.16. The van der Waals surface area contributed by atoms with Crippen molar-refractivity contribution in [2.24, 2.45) is 0 Å². The predicted molar refractivity (Wildman–Crippen MR) is 128 cm³/mol. The minimum atomic E-state index is -0.569. The molecule has 1 aromatic heterocycles. The molecule has 8 heteroatoms. The molecule has 0 spiro atoms. The maximum Gasteiger partial charge on any atom is 0.257 e. The highest BCUT2D eigenvalue weighted by molar-refractivity contribution is 6.33. The Morgan fingerprint density at radius 1 is 1.21 bits per heavy atom. The fourth-order valence-corrected chi connectivity index (χ4v) is 5.15. The van der Waals surface area contributed by atoms with Gasteiger partial charge in [-0.15, -0.1) is 0 Å². The molecular weight excluding hydrogens is 460 g/mol. The summed E-state index contributed by atoms with van der Waals surface area (Å²) >= 11 is 6.20. The predicted octanol–water partition coefficient (Wildman–Crippen LogP) is 5.80. The van der Waals surface area contributed by atoms with Crippen molar-refractivity contribution in [1.29, 1.82) is 0 Å². The number of hydrogen-bond donors (Lipinski definition) is 1. The molecule has 1 N–H and O–H groups in total. The molecule has 1 fully saturated rings. The molecule has 34 heavy (non-hydrogen) atoms. The molecule has 180 valence electrons. The lowest BCUT2D eigenvalue weighted by molar-refractivity contribution is 0.0768. The summed E-state index contributed by atoms with van der Waals surface area (Å²) in [6, 6.07) is 11.0. The van der Waals surface area contributed by atoms with Crippen LogP contribution >= 0.6 is 11.6 Å². The van der Waals surface area contributed by atoms with Gasteiger partial charge in [0.1, 0.15) is 28.7 Å². The number of carbonyl (C=O) groups is 1. The first-order valence-corrected chi connectivity index (χ1v) is 11.7. The van der Waals surface area contributed by atoms with E-state index in [9.17, 15) is 13.6 Å². The summed E-state index contributed by atoms with van der Waals surface area (Å²) in [5.41, 5.74) is 1.19. The number of nitrogens with one attached hydrogen (secondary N) is 1. The van der Waals surface area contributed by atoms with Gasteiger partial charge < -0.3 is 14.7 Å². The Balaban J connectivity index is 1.49. The highest BCUT2D eigenvalue weighted by Gasteiger charge is 2.38. The third kappa shape index (κ3) is 4.86. The first-order chi connectivity index (χ1) is 16.2. The molecule has 1 amide bonds. The summed E-state index contributed by atoms with van der Waals surface area (Å²) in [6.45, 7) is 1.62. The second-order valence-electron chi connectivity index (χ2n) is 9.23. The van der Waals surface area contributed by atoms with Gasteiger partial charge in [-0.1, -0.05) is 35.0 Å². The SMILES string of the molecule is Cc1onc(-c2c(F)cccc2Cl)c1C(=O)NC1CCC(Cc2cccc(F)c2)(N(C)C)CC1. The minimum absolute atomic E-state index is 0.0497. The number of halogens is 3. The lowest BCUT2D eigenvalue weighted by Crippen LogP contribution is -2.52. The van der Waals surface area contributed by atoms with Gasteiger partial charge in [-0.3, -0.25) is 4.79 Å². The minimum Gasteiger partial charge on any atom is -0.360 e. The zero-order valence-corrected chi connectivity index (χ0v) is 20.3. The lowest BCUT2D eigenvalue weighted by Gasteiger charge is -2.45. The Bertz CT molecular complexity index is 1170. The Hall–Kier alpha value is -2.77. The second kappa shape index (κ2) is 9.84. The van der Waals surface area contributed by atoms with Crippen molar-refractivity contribution in [3.8, 4) is 11.3 Å². The largest absolute Gasteiger partial charge is 0.360 e. The van der Waals surface area contributed by atoms with Gasteiger partial charge in [0.25, 0.3) is 5.91 Å². The van der Waals surface area contributed by atoms with Gasteiger partial charge in [0.2, 0.25) is 0 Å². The third-order valence-corrected chi connectivity index (χ3v) is 7.23. The number of carbonyl (C=O) groups excluding carboxylic acids is 1. The van der Waals surface area contributed by atoms with Crippen molar-refractivity contribution in [3.63, 3.8) is 0 Å². The van der Waals surface area contributed by atoms with Crippen LogP contribution in [0, 0.1) is 18.6 Å². The quantitative estimate of drug-likeness (QED) is 0.477. The monoisotopic (exact) mass is 487 g/mol. The Morgan fingerprint density at radius 3 is 2.56 bits per heavy atom. The van der Waals surface area contributed by atoms with Crippen molar-refractivity contribution in [2.75, 3.05) is 14.1 Å². The van der Waals surface area contributed by atoms with Crippen LogP contribution in [0.5, 0.6) is 0 Å². The number of aryl methyl sites for hydroxylation is 1. The molecule has 0 aliphatic heterocycles. The van der Waals surface area contributed by atoms with Crippen LogP contribution in [0.15, 0.2) is 47.0 Å². The number of aromatic nitrogens is 1. The van der Waals surface area contributed by atoms with Crippen LogP contribution in [-0.4, -0.2) is 41.6 Å². The molecule has 3 aromatic rings. The smallest absolute Gasteiger partial charge is 0.257 e. The van der Waals surface area contributed by atoms with Crippen molar-refractivity contribution >= 4 is 17.5 Å². The fraction of sp³-hybridized carbons (Fsp3) is 0.385. The highest BCUT2D eigenvalue weighted by Crippen LogP contribution is 2.37. The zero-order chi connectivity index (χ0) is 24.5. The number of nitrogens with zero attached hydrogens (tertiary/aromatic N) is 2. The molecule has 1 aliphatic rings. The lowest BCUT2D eigenvalue weighted by atomic mass is 9.74. The maximum atomic E-state index is 14.5. The van der Waals surface area contributed by atoms with Crippen LogP contribution in [0.1, 0.15) is 47.4 Å². The number of rotatable bonds is 6. The van der Waals surface area contributed by atoms with E-state index in [0.717, 1.165) is 37.7 Å². The normalized spacial score (nSPS) is 20.5. The molecule has 0 radical (unpaired) electrons. The van der Waals surface area contributed by atoms with E-state index in [1.54, 1.807) is 25.1 Å². The Morgan fingerprint density at radius 2 is 1.91 bits per heavy atom. The van der Waals surface area contributed by atoms with Crippen LogP contribution in [0.4, 0.5) is 8.78 Å². The van der Waals surface area contributed by atoms with Crippen LogP contribution < -0.4 is 5.32 Å². The standard InChI is InChI=1S/C26H28ClF2N3O2/c1-16-22(24(31-34-16)23-20(27)8-5-9-21(23)29)25(33)30-19-10-12-26(13-11-19,32(2)3)15-17-6-4-7-18(28)14-17/h4-9,14,19H,10-13,15H2,1-3H3,(H,30,33). The number of amides is 1. The summed E-state index contributed by atoms with van der Waals surface area (Å²) < 4.78 is 33.4. The molecule has 5 nitrogen and oxygen atoms in total. The van der Waals surface area contributed by atoms with E-state index >= 15 is 0 Å². The molecule has 4 rings (SSSR count). The van der Waals surface area contributed by atoms with Crippen LogP contribution in [0.3, 0.4) is 0 Å². The fourth-order valence-electron chi connectivity index (χ4n) is 4.90. The van der Waals surface area contributed by atoms with Crippen LogP contribution in [0.2, 0.25) is 5.02 Å². The Kier molecular flexibility index (Phi) is 7.05. The second-order valence-corrected chi connectivity index (χ2v) is 9.64. The summed E-state index contributed by atoms with van der Waals surface area (Å²) in [6.07, 6.45) is 3.95. The first-order valence-electron chi connectivity index (χ1n) is 11.3. The van der Waals surface area contributed by atoms with Gasteiger partial charge in [0.05, 0.1) is 10.6 Å².